The Balaban J connectivity index is 1.40. The predicted octanol–water partition coefficient (Wildman–Crippen LogP) is 12.3. The Morgan fingerprint density at radius 1 is 0.881 bits per heavy atom. The average Bonchev–Trinajstić information content (AvgIpc) is 3.52. The third kappa shape index (κ3) is 9.60. The van der Waals surface area contributed by atoms with E-state index < -0.39 is 10.1 Å². The monoisotopic (exact) mass is 817 g/mol. The molecule has 7 nitrogen and oxygen atoms in total. The molecule has 0 amide bonds. The number of Topliss-reactive ketones (excluding diaryl/α,β-unsaturated/α-hetero) is 1. The first-order chi connectivity index (χ1) is 27.8. The highest BCUT2D eigenvalue weighted by Gasteiger charge is 2.44. The van der Waals surface area contributed by atoms with E-state index in [2.05, 4.69) is 118 Å². The summed E-state index contributed by atoms with van der Waals surface area (Å²) in [5.74, 6) is 1.59. The van der Waals surface area contributed by atoms with Gasteiger partial charge in [0.05, 0.1) is 10.3 Å². The standard InChI is InChI=1S/C51H64N2O5S/c1-10-11-33-52-43-21-15-14-20-41(43)50(6,7)45(52)31-24-37-18-17-19-38(48(37)58-39-26-28-40(29-27-39)59(55,56)57)25-32-46-51(8,9)42-35-36(2)23-30-44(42)53(46)34-16-12-13-22-47(54)49(3,4)5/h14-15,20-21,23-32,35H,10-13,16-19,22,33-34H2,1-9H3/p+1. The van der Waals surface area contributed by atoms with E-state index in [-0.39, 0.29) is 21.1 Å². The zero-order chi connectivity index (χ0) is 42.8. The number of rotatable bonds is 15. The van der Waals surface area contributed by atoms with Gasteiger partial charge in [0.25, 0.3) is 10.1 Å². The zero-order valence-corrected chi connectivity index (χ0v) is 37.6. The van der Waals surface area contributed by atoms with Crippen molar-refractivity contribution in [2.45, 2.75) is 136 Å². The highest BCUT2D eigenvalue weighted by atomic mass is 32.2. The minimum absolute atomic E-state index is 0.172. The number of carbonyl (C=O) groups is 1. The number of nitrogens with zero attached hydrogens (tertiary/aromatic N) is 2. The normalized spacial score (nSPS) is 19.0. The molecule has 1 aliphatic carbocycles. The molecule has 8 heteroatoms. The number of carbonyl (C=O) groups excluding carboxylic acids is 1. The summed E-state index contributed by atoms with van der Waals surface area (Å²) in [7, 11) is -4.34. The van der Waals surface area contributed by atoms with Gasteiger partial charge in [0, 0.05) is 59.3 Å². The lowest BCUT2D eigenvalue weighted by Gasteiger charge is -2.28. The molecule has 0 saturated heterocycles. The van der Waals surface area contributed by atoms with Crippen molar-refractivity contribution < 1.29 is 27.1 Å². The van der Waals surface area contributed by atoms with Gasteiger partial charge in [-0.15, -0.1) is 0 Å². The Bertz CT molecular complexity index is 2330. The lowest BCUT2D eigenvalue weighted by molar-refractivity contribution is -0.438. The van der Waals surface area contributed by atoms with Crippen LogP contribution in [0.3, 0.4) is 0 Å². The topological polar surface area (TPSA) is 86.9 Å². The number of hydrogen-bond acceptors (Lipinski definition) is 5. The highest BCUT2D eigenvalue weighted by molar-refractivity contribution is 7.85. The van der Waals surface area contributed by atoms with Gasteiger partial charge in [-0.1, -0.05) is 96.4 Å². The van der Waals surface area contributed by atoms with E-state index in [1.54, 1.807) is 12.1 Å². The Kier molecular flexibility index (Phi) is 13.1. The van der Waals surface area contributed by atoms with Crippen molar-refractivity contribution in [3.05, 3.63) is 130 Å². The van der Waals surface area contributed by atoms with E-state index >= 15 is 0 Å². The summed E-state index contributed by atoms with van der Waals surface area (Å²) in [6.45, 7) is 21.4. The minimum Gasteiger partial charge on any atom is -0.457 e. The second-order valence-electron chi connectivity index (χ2n) is 18.6. The van der Waals surface area contributed by atoms with E-state index in [1.165, 1.54) is 51.6 Å². The fourth-order valence-corrected chi connectivity index (χ4v) is 9.32. The van der Waals surface area contributed by atoms with Gasteiger partial charge in [-0.25, -0.2) is 0 Å². The maximum absolute atomic E-state index is 12.6. The molecule has 0 atom stereocenters. The molecular formula is C51H65N2O5S+. The van der Waals surface area contributed by atoms with E-state index in [4.69, 9.17) is 4.74 Å². The first-order valence-corrected chi connectivity index (χ1v) is 23.0. The zero-order valence-electron chi connectivity index (χ0n) is 36.8. The molecule has 6 rings (SSSR count). The minimum atomic E-state index is -4.34. The molecule has 1 N–H and O–H groups in total. The molecule has 3 aromatic rings. The second-order valence-corrected chi connectivity index (χ2v) is 20.1. The number of ether oxygens (including phenoxy) is 1. The molecule has 0 spiro atoms. The van der Waals surface area contributed by atoms with Gasteiger partial charge in [-0.05, 0) is 112 Å². The Morgan fingerprint density at radius 3 is 2.31 bits per heavy atom. The number of allylic oxidation sites excluding steroid dienone is 7. The molecule has 0 saturated carbocycles. The molecule has 59 heavy (non-hydrogen) atoms. The Morgan fingerprint density at radius 2 is 1.61 bits per heavy atom. The van der Waals surface area contributed by atoms with Crippen molar-refractivity contribution >= 4 is 33.0 Å². The van der Waals surface area contributed by atoms with Crippen molar-refractivity contribution in [1.29, 1.82) is 0 Å². The first-order valence-electron chi connectivity index (χ1n) is 21.6. The number of aryl methyl sites for hydroxylation is 1. The summed E-state index contributed by atoms with van der Waals surface area (Å²) in [5.41, 5.74) is 10.3. The van der Waals surface area contributed by atoms with Crippen molar-refractivity contribution in [3.8, 4) is 5.75 Å². The summed E-state index contributed by atoms with van der Waals surface area (Å²) in [6.07, 6.45) is 17.3. The molecule has 2 heterocycles. The molecular weight excluding hydrogens is 753 g/mol. The van der Waals surface area contributed by atoms with Gasteiger partial charge >= 0.3 is 0 Å². The molecule has 0 fully saturated rings. The molecule has 0 radical (unpaired) electrons. The number of benzene rings is 3. The third-order valence-corrected chi connectivity index (χ3v) is 13.3. The number of fused-ring (bicyclic) bond motifs is 2. The summed E-state index contributed by atoms with van der Waals surface area (Å²) in [6, 6.07) is 21.5. The van der Waals surface area contributed by atoms with Gasteiger partial charge < -0.3 is 9.64 Å². The average molecular weight is 818 g/mol. The summed E-state index contributed by atoms with van der Waals surface area (Å²) in [4.78, 5) is 14.9. The largest absolute Gasteiger partial charge is 0.457 e. The Labute approximate surface area is 354 Å². The quantitative estimate of drug-likeness (QED) is 0.0934. The molecule has 314 valence electrons. The van der Waals surface area contributed by atoms with E-state index in [0.29, 0.717) is 18.0 Å². The summed E-state index contributed by atoms with van der Waals surface area (Å²) in [5, 5.41) is 0. The SMILES string of the molecule is CCCC[N+]1=C(C=CC2=C(Oc3ccc(S(=O)(=O)O)cc3)C(=CC=C3N(CCCCCC(=O)C(C)(C)C)c4ccc(C)cc4C3(C)C)CCC2)C(C)(C)c2ccccc21. The third-order valence-electron chi connectivity index (χ3n) is 12.4. The fourth-order valence-electron chi connectivity index (χ4n) is 8.84. The number of anilines is 1. The van der Waals surface area contributed by atoms with E-state index in [9.17, 15) is 17.8 Å². The highest BCUT2D eigenvalue weighted by Crippen LogP contribution is 2.49. The number of unbranched alkanes of at least 4 members (excludes halogenated alkanes) is 3. The van der Waals surface area contributed by atoms with Crippen LogP contribution in [0, 0.1) is 12.3 Å². The molecule has 0 bridgehead atoms. The number of hydrogen-bond donors (Lipinski definition) is 1. The van der Waals surface area contributed by atoms with Gasteiger partial charge in [0.1, 0.15) is 23.8 Å². The van der Waals surface area contributed by atoms with Crippen LogP contribution in [0.2, 0.25) is 0 Å². The molecule has 2 aliphatic heterocycles. The van der Waals surface area contributed by atoms with Crippen molar-refractivity contribution in [1.82, 2.24) is 0 Å². The van der Waals surface area contributed by atoms with Crippen LogP contribution in [-0.4, -0.2) is 42.1 Å². The van der Waals surface area contributed by atoms with Crippen LogP contribution >= 0.6 is 0 Å². The van der Waals surface area contributed by atoms with E-state index in [1.807, 2.05) is 20.8 Å². The Hall–Kier alpha value is -4.53. The van der Waals surface area contributed by atoms with Crippen LogP contribution in [0.25, 0.3) is 0 Å². The smallest absolute Gasteiger partial charge is 0.294 e. The molecule has 0 aromatic heterocycles. The molecule has 3 aromatic carbocycles. The van der Waals surface area contributed by atoms with E-state index in [0.717, 1.165) is 81.4 Å². The second kappa shape index (κ2) is 17.6. The van der Waals surface area contributed by atoms with Crippen LogP contribution in [0.15, 0.2) is 119 Å². The van der Waals surface area contributed by atoms with Gasteiger partial charge in [0.2, 0.25) is 5.69 Å². The molecule has 3 aliphatic rings. The maximum atomic E-state index is 12.6. The van der Waals surface area contributed by atoms with Crippen molar-refractivity contribution in [2.24, 2.45) is 5.41 Å². The van der Waals surface area contributed by atoms with Crippen LogP contribution in [-0.2, 0) is 25.7 Å². The lowest BCUT2D eigenvalue weighted by atomic mass is 9.81. The molecule has 0 unspecified atom stereocenters. The van der Waals surface area contributed by atoms with Crippen LogP contribution in [0.1, 0.15) is 130 Å². The number of ketones is 1. The van der Waals surface area contributed by atoms with Crippen LogP contribution in [0.5, 0.6) is 5.75 Å². The fraction of sp³-hybridized carbons (Fsp3) is 0.451. The van der Waals surface area contributed by atoms with Crippen molar-refractivity contribution in [2.75, 3.05) is 18.0 Å². The van der Waals surface area contributed by atoms with Crippen LogP contribution in [0.4, 0.5) is 11.4 Å². The van der Waals surface area contributed by atoms with Crippen LogP contribution < -0.4 is 9.64 Å². The first kappa shape index (κ1) is 44.0. The van der Waals surface area contributed by atoms with Gasteiger partial charge in [0.15, 0.2) is 5.71 Å². The van der Waals surface area contributed by atoms with Gasteiger partial charge in [-0.2, -0.15) is 13.0 Å². The predicted molar refractivity (Wildman–Crippen MR) is 242 cm³/mol. The number of para-hydroxylation sites is 1. The van der Waals surface area contributed by atoms with Gasteiger partial charge in [-0.3, -0.25) is 9.35 Å². The maximum Gasteiger partial charge on any atom is 0.294 e. The lowest BCUT2D eigenvalue weighted by Crippen LogP contribution is -2.28. The van der Waals surface area contributed by atoms with Crippen molar-refractivity contribution in [3.63, 3.8) is 0 Å². The summed E-state index contributed by atoms with van der Waals surface area (Å²) >= 11 is 0. The summed E-state index contributed by atoms with van der Waals surface area (Å²) < 4.78 is 42.7.